The van der Waals surface area contributed by atoms with E-state index in [0.29, 0.717) is 12.1 Å². The fraction of sp³-hybridized carbons (Fsp3) is 0.130. The smallest absolute Gasteiger partial charge is 0.290 e. The van der Waals surface area contributed by atoms with E-state index in [-0.39, 0.29) is 23.8 Å². The molecule has 2 aromatic carbocycles. The molecule has 5 nitrogen and oxygen atoms in total. The minimum absolute atomic E-state index is 0.188. The number of benzene rings is 2. The number of nitrogens with zero attached hydrogens (tertiary/aromatic N) is 1. The van der Waals surface area contributed by atoms with Gasteiger partial charge in [-0.15, -0.1) is 0 Å². The lowest BCUT2D eigenvalue weighted by Crippen LogP contribution is -2.32. The van der Waals surface area contributed by atoms with E-state index in [4.69, 9.17) is 4.42 Å². The van der Waals surface area contributed by atoms with E-state index in [1.165, 1.54) is 6.26 Å². The largest absolute Gasteiger partial charge is 0.459 e. The van der Waals surface area contributed by atoms with Crippen LogP contribution >= 0.6 is 0 Å². The zero-order chi connectivity index (χ0) is 19.5. The van der Waals surface area contributed by atoms with Crippen molar-refractivity contribution in [1.82, 2.24) is 9.88 Å². The Bertz CT molecular complexity index is 1160. The minimum atomic E-state index is -0.252. The first-order valence-electron chi connectivity index (χ1n) is 9.10. The van der Waals surface area contributed by atoms with Gasteiger partial charge in [-0.3, -0.25) is 9.59 Å². The summed E-state index contributed by atoms with van der Waals surface area (Å²) in [6.45, 7) is 2.53. The van der Waals surface area contributed by atoms with Crippen LogP contribution < -0.4 is 5.56 Å². The van der Waals surface area contributed by atoms with Crippen LogP contribution in [0.2, 0.25) is 0 Å². The van der Waals surface area contributed by atoms with E-state index in [1.807, 2.05) is 61.5 Å². The number of aryl methyl sites for hydroxylation is 1. The molecule has 1 amide bonds. The van der Waals surface area contributed by atoms with Crippen molar-refractivity contribution in [2.24, 2.45) is 0 Å². The third kappa shape index (κ3) is 3.60. The van der Waals surface area contributed by atoms with Gasteiger partial charge in [-0.2, -0.15) is 0 Å². The van der Waals surface area contributed by atoms with Crippen LogP contribution in [0.3, 0.4) is 0 Å². The molecule has 28 heavy (non-hydrogen) atoms. The second-order valence-electron chi connectivity index (χ2n) is 6.79. The average molecular weight is 372 g/mol. The first kappa shape index (κ1) is 17.8. The molecule has 0 unspecified atom stereocenters. The van der Waals surface area contributed by atoms with Gasteiger partial charge in [0.1, 0.15) is 0 Å². The van der Waals surface area contributed by atoms with Crippen molar-refractivity contribution in [2.75, 3.05) is 0 Å². The number of pyridine rings is 1. The molecule has 2 heterocycles. The molecular weight excluding hydrogens is 352 g/mol. The van der Waals surface area contributed by atoms with Crippen LogP contribution in [-0.2, 0) is 13.1 Å². The molecule has 0 bridgehead atoms. The number of carbonyl (C=O) groups excluding carboxylic acids is 1. The lowest BCUT2D eigenvalue weighted by molar-refractivity contribution is 0.0697. The predicted octanol–water partition coefficient (Wildman–Crippen LogP) is 4.27. The van der Waals surface area contributed by atoms with Gasteiger partial charge in [0.25, 0.3) is 11.5 Å². The Balaban J connectivity index is 1.71. The van der Waals surface area contributed by atoms with E-state index in [1.54, 1.807) is 17.0 Å². The van der Waals surface area contributed by atoms with Gasteiger partial charge in [0.05, 0.1) is 18.3 Å². The second kappa shape index (κ2) is 7.56. The van der Waals surface area contributed by atoms with Gasteiger partial charge in [-0.25, -0.2) is 0 Å². The van der Waals surface area contributed by atoms with Crippen molar-refractivity contribution >= 4 is 16.8 Å². The molecule has 1 N–H and O–H groups in total. The lowest BCUT2D eigenvalue weighted by atomic mass is 10.1. The van der Waals surface area contributed by atoms with E-state index in [0.717, 1.165) is 22.0 Å². The highest BCUT2D eigenvalue weighted by Crippen LogP contribution is 2.18. The van der Waals surface area contributed by atoms with Crippen LogP contribution in [0.5, 0.6) is 0 Å². The number of amides is 1. The molecule has 0 radical (unpaired) electrons. The number of furan rings is 1. The standard InChI is InChI=1S/C23H20N2O3/c1-16-7-5-10-18-13-19(22(26)24-21(16)18)15-25(14-17-8-3-2-4-9-17)23(27)20-11-6-12-28-20/h2-13H,14-15H2,1H3,(H,24,26). The van der Waals surface area contributed by atoms with Gasteiger partial charge in [0.15, 0.2) is 5.76 Å². The number of hydrogen-bond acceptors (Lipinski definition) is 3. The van der Waals surface area contributed by atoms with Crippen LogP contribution in [0.25, 0.3) is 10.9 Å². The van der Waals surface area contributed by atoms with Crippen molar-refractivity contribution in [3.63, 3.8) is 0 Å². The topological polar surface area (TPSA) is 66.3 Å². The van der Waals surface area contributed by atoms with Crippen molar-refractivity contribution in [2.45, 2.75) is 20.0 Å². The summed E-state index contributed by atoms with van der Waals surface area (Å²) in [6, 6.07) is 20.7. The number of fused-ring (bicyclic) bond motifs is 1. The third-order valence-electron chi connectivity index (χ3n) is 4.76. The van der Waals surface area contributed by atoms with Crippen LogP contribution in [-0.4, -0.2) is 15.8 Å². The number of nitrogens with one attached hydrogen (secondary N) is 1. The van der Waals surface area contributed by atoms with Gasteiger partial charge < -0.3 is 14.3 Å². The zero-order valence-corrected chi connectivity index (χ0v) is 15.5. The zero-order valence-electron chi connectivity index (χ0n) is 15.5. The summed E-state index contributed by atoms with van der Waals surface area (Å²) in [4.78, 5) is 30.2. The van der Waals surface area contributed by atoms with E-state index in [9.17, 15) is 9.59 Å². The molecule has 0 aliphatic heterocycles. The minimum Gasteiger partial charge on any atom is -0.459 e. The Kier molecular flexibility index (Phi) is 4.81. The number of rotatable bonds is 5. The Morgan fingerprint density at radius 2 is 1.82 bits per heavy atom. The Morgan fingerprint density at radius 1 is 1.00 bits per heavy atom. The monoisotopic (exact) mass is 372 g/mol. The molecule has 0 atom stereocenters. The molecule has 0 fully saturated rings. The molecular formula is C23H20N2O3. The van der Waals surface area contributed by atoms with Crippen molar-refractivity contribution in [3.8, 4) is 0 Å². The van der Waals surface area contributed by atoms with Gasteiger partial charge in [-0.1, -0.05) is 48.5 Å². The first-order chi connectivity index (χ1) is 13.6. The number of aromatic nitrogens is 1. The van der Waals surface area contributed by atoms with Crippen molar-refractivity contribution in [3.05, 3.63) is 106 Å². The lowest BCUT2D eigenvalue weighted by Gasteiger charge is -2.22. The third-order valence-corrected chi connectivity index (χ3v) is 4.76. The highest BCUT2D eigenvalue weighted by molar-refractivity contribution is 5.91. The summed E-state index contributed by atoms with van der Waals surface area (Å²) in [5.74, 6) is 0.00147. The normalized spacial score (nSPS) is 10.9. The van der Waals surface area contributed by atoms with Crippen LogP contribution in [0.4, 0.5) is 0 Å². The molecule has 4 aromatic rings. The molecule has 140 valence electrons. The summed E-state index contributed by atoms with van der Waals surface area (Å²) < 4.78 is 5.29. The highest BCUT2D eigenvalue weighted by Gasteiger charge is 2.20. The van der Waals surface area contributed by atoms with Gasteiger partial charge in [-0.05, 0) is 41.6 Å². The van der Waals surface area contributed by atoms with Crippen LogP contribution in [0, 0.1) is 6.92 Å². The summed E-state index contributed by atoms with van der Waals surface area (Å²) in [6.07, 6.45) is 1.47. The summed E-state index contributed by atoms with van der Waals surface area (Å²) in [5, 5.41) is 0.944. The van der Waals surface area contributed by atoms with E-state index >= 15 is 0 Å². The molecule has 0 aliphatic rings. The Morgan fingerprint density at radius 3 is 2.57 bits per heavy atom. The molecule has 4 rings (SSSR count). The maximum absolute atomic E-state index is 13.0. The van der Waals surface area contributed by atoms with Crippen LogP contribution in [0.15, 0.2) is 82.2 Å². The number of para-hydroxylation sites is 1. The van der Waals surface area contributed by atoms with E-state index < -0.39 is 0 Å². The van der Waals surface area contributed by atoms with Gasteiger partial charge in [0.2, 0.25) is 0 Å². The second-order valence-corrected chi connectivity index (χ2v) is 6.79. The molecule has 0 saturated carbocycles. The highest BCUT2D eigenvalue weighted by atomic mass is 16.3. The maximum atomic E-state index is 13.0. The van der Waals surface area contributed by atoms with Crippen LogP contribution in [0.1, 0.15) is 27.2 Å². The molecule has 0 saturated heterocycles. The quantitative estimate of drug-likeness (QED) is 0.569. The van der Waals surface area contributed by atoms with E-state index in [2.05, 4.69) is 4.98 Å². The fourth-order valence-corrected chi connectivity index (χ4v) is 3.31. The average Bonchev–Trinajstić information content (AvgIpc) is 3.24. The molecule has 2 aromatic heterocycles. The van der Waals surface area contributed by atoms with Crippen molar-refractivity contribution < 1.29 is 9.21 Å². The Hall–Kier alpha value is -3.60. The molecule has 0 aliphatic carbocycles. The number of H-pyrrole nitrogens is 1. The fourth-order valence-electron chi connectivity index (χ4n) is 3.31. The SMILES string of the molecule is Cc1cccc2cc(CN(Cc3ccccc3)C(=O)c3ccco3)c(=O)[nH]c12. The summed E-state index contributed by atoms with van der Waals surface area (Å²) >= 11 is 0. The Labute approximate surface area is 162 Å². The summed E-state index contributed by atoms with van der Waals surface area (Å²) in [7, 11) is 0. The predicted molar refractivity (Wildman–Crippen MR) is 108 cm³/mol. The first-order valence-corrected chi connectivity index (χ1v) is 9.10. The molecule has 5 heteroatoms. The van der Waals surface area contributed by atoms with Gasteiger partial charge >= 0.3 is 0 Å². The maximum Gasteiger partial charge on any atom is 0.290 e. The van der Waals surface area contributed by atoms with Gasteiger partial charge in [0, 0.05) is 12.1 Å². The number of hydrogen-bond donors (Lipinski definition) is 1. The number of aromatic amines is 1. The summed E-state index contributed by atoms with van der Waals surface area (Å²) in [5.41, 5.74) is 3.16. The van der Waals surface area contributed by atoms with Crippen molar-refractivity contribution in [1.29, 1.82) is 0 Å². The molecule has 0 spiro atoms. The number of carbonyl (C=O) groups is 1.